The summed E-state index contributed by atoms with van der Waals surface area (Å²) in [6.45, 7) is 6.83. The standard InChI is InChI=1S/C14H24N2O6/c1-8(17)10(12(19)20)15-11(18)9-6-5-7-16(9)13(21)22-14(2,3)4/h8-10,17H,5-7H2,1-4H3,(H,15,18)(H,19,20)/t8-,9-,10-/m0/s1. The zero-order valence-electron chi connectivity index (χ0n) is 13.3. The fourth-order valence-electron chi connectivity index (χ4n) is 2.22. The van der Waals surface area contributed by atoms with E-state index in [-0.39, 0.29) is 0 Å². The minimum absolute atomic E-state index is 0.374. The van der Waals surface area contributed by atoms with Crippen LogP contribution in [0.5, 0.6) is 0 Å². The largest absolute Gasteiger partial charge is 0.480 e. The molecule has 8 nitrogen and oxygen atoms in total. The molecule has 0 aliphatic carbocycles. The Kier molecular flexibility index (Phi) is 5.76. The van der Waals surface area contributed by atoms with Gasteiger partial charge in [-0.3, -0.25) is 9.69 Å². The van der Waals surface area contributed by atoms with E-state index >= 15 is 0 Å². The van der Waals surface area contributed by atoms with Gasteiger partial charge in [0.2, 0.25) is 5.91 Å². The number of likely N-dealkylation sites (tertiary alicyclic amines) is 1. The molecule has 1 aliphatic heterocycles. The highest BCUT2D eigenvalue weighted by atomic mass is 16.6. The van der Waals surface area contributed by atoms with Crippen molar-refractivity contribution in [3.05, 3.63) is 0 Å². The highest BCUT2D eigenvalue weighted by Gasteiger charge is 2.38. The van der Waals surface area contributed by atoms with Crippen LogP contribution >= 0.6 is 0 Å². The third-order valence-electron chi connectivity index (χ3n) is 3.23. The van der Waals surface area contributed by atoms with Gasteiger partial charge in [-0.1, -0.05) is 0 Å². The number of nitrogens with zero attached hydrogens (tertiary/aromatic N) is 1. The number of aliphatic carboxylic acids is 1. The number of carboxylic acids is 1. The van der Waals surface area contributed by atoms with Crippen molar-refractivity contribution in [3.8, 4) is 0 Å². The Morgan fingerprint density at radius 2 is 1.91 bits per heavy atom. The molecule has 2 amide bonds. The number of hydrogen-bond acceptors (Lipinski definition) is 5. The second kappa shape index (κ2) is 6.95. The van der Waals surface area contributed by atoms with Crippen LogP contribution in [0, 0.1) is 0 Å². The first-order valence-electron chi connectivity index (χ1n) is 7.24. The highest BCUT2D eigenvalue weighted by Crippen LogP contribution is 2.21. The van der Waals surface area contributed by atoms with Gasteiger partial charge in [-0.05, 0) is 40.5 Å². The number of carboxylic acid groups (broad SMARTS) is 1. The molecule has 22 heavy (non-hydrogen) atoms. The van der Waals surface area contributed by atoms with E-state index < -0.39 is 41.8 Å². The fourth-order valence-corrected chi connectivity index (χ4v) is 2.22. The van der Waals surface area contributed by atoms with Gasteiger partial charge in [0.25, 0.3) is 0 Å². The molecule has 0 saturated carbocycles. The Hall–Kier alpha value is -1.83. The van der Waals surface area contributed by atoms with E-state index in [0.29, 0.717) is 19.4 Å². The monoisotopic (exact) mass is 316 g/mol. The molecule has 1 aliphatic rings. The first-order chi connectivity index (χ1) is 10.0. The molecule has 1 saturated heterocycles. The van der Waals surface area contributed by atoms with Crippen LogP contribution in [-0.2, 0) is 14.3 Å². The average Bonchev–Trinajstić information content (AvgIpc) is 2.81. The number of hydrogen-bond donors (Lipinski definition) is 3. The molecule has 0 aromatic heterocycles. The summed E-state index contributed by atoms with van der Waals surface area (Å²) in [7, 11) is 0. The van der Waals surface area contributed by atoms with Crippen LogP contribution in [0.15, 0.2) is 0 Å². The van der Waals surface area contributed by atoms with E-state index in [0.717, 1.165) is 0 Å². The molecule has 0 aromatic rings. The van der Waals surface area contributed by atoms with Gasteiger partial charge in [-0.25, -0.2) is 9.59 Å². The first kappa shape index (κ1) is 18.2. The third-order valence-corrected chi connectivity index (χ3v) is 3.23. The van der Waals surface area contributed by atoms with E-state index in [2.05, 4.69) is 5.32 Å². The molecule has 0 spiro atoms. The van der Waals surface area contributed by atoms with Crippen LogP contribution in [0.2, 0.25) is 0 Å². The Morgan fingerprint density at radius 1 is 1.32 bits per heavy atom. The third kappa shape index (κ3) is 4.87. The van der Waals surface area contributed by atoms with Gasteiger partial charge in [0, 0.05) is 6.54 Å². The van der Waals surface area contributed by atoms with Crippen LogP contribution in [0.25, 0.3) is 0 Å². The molecule has 0 radical (unpaired) electrons. The van der Waals surface area contributed by atoms with Gasteiger partial charge in [0.15, 0.2) is 6.04 Å². The lowest BCUT2D eigenvalue weighted by Crippen LogP contribution is -2.54. The van der Waals surface area contributed by atoms with Gasteiger partial charge in [-0.2, -0.15) is 0 Å². The lowest BCUT2D eigenvalue weighted by Gasteiger charge is -2.29. The Morgan fingerprint density at radius 3 is 2.36 bits per heavy atom. The molecule has 8 heteroatoms. The molecule has 0 bridgehead atoms. The van der Waals surface area contributed by atoms with Gasteiger partial charge in [0.05, 0.1) is 6.10 Å². The zero-order valence-corrected chi connectivity index (χ0v) is 13.3. The summed E-state index contributed by atoms with van der Waals surface area (Å²) in [5, 5.41) is 20.7. The lowest BCUT2D eigenvalue weighted by atomic mass is 10.1. The first-order valence-corrected chi connectivity index (χ1v) is 7.24. The summed E-state index contributed by atoms with van der Waals surface area (Å²) in [6.07, 6.45) is -0.784. The van der Waals surface area contributed by atoms with E-state index in [1.165, 1.54) is 11.8 Å². The summed E-state index contributed by atoms with van der Waals surface area (Å²) < 4.78 is 5.24. The molecule has 3 N–H and O–H groups in total. The smallest absolute Gasteiger partial charge is 0.410 e. The van der Waals surface area contributed by atoms with Crippen molar-refractivity contribution in [2.75, 3.05) is 6.54 Å². The van der Waals surface area contributed by atoms with Gasteiger partial charge in [-0.15, -0.1) is 0 Å². The molecule has 0 aromatic carbocycles. The van der Waals surface area contributed by atoms with Crippen LogP contribution in [0.1, 0.15) is 40.5 Å². The number of amides is 2. The van der Waals surface area contributed by atoms with Crippen molar-refractivity contribution in [2.24, 2.45) is 0 Å². The summed E-state index contributed by atoms with van der Waals surface area (Å²) in [5.74, 6) is -1.93. The number of carbonyl (C=O) groups excluding carboxylic acids is 2. The van der Waals surface area contributed by atoms with Gasteiger partial charge in [0.1, 0.15) is 11.6 Å². The SMILES string of the molecule is C[C@H](O)[C@H](NC(=O)[C@@H]1CCCN1C(=O)OC(C)(C)C)C(=O)O. The summed E-state index contributed by atoms with van der Waals surface area (Å²) in [5.41, 5.74) is -0.677. The van der Waals surface area contributed by atoms with Crippen molar-refractivity contribution in [1.82, 2.24) is 10.2 Å². The van der Waals surface area contributed by atoms with Gasteiger partial charge < -0.3 is 20.3 Å². The molecule has 126 valence electrons. The van der Waals surface area contributed by atoms with Crippen molar-refractivity contribution >= 4 is 18.0 Å². The maximum Gasteiger partial charge on any atom is 0.410 e. The molecule has 3 atom stereocenters. The number of aliphatic hydroxyl groups is 1. The molecule has 1 heterocycles. The van der Waals surface area contributed by atoms with Crippen molar-refractivity contribution in [3.63, 3.8) is 0 Å². The number of ether oxygens (including phenoxy) is 1. The number of nitrogens with one attached hydrogen (secondary N) is 1. The van der Waals surface area contributed by atoms with E-state index in [1.54, 1.807) is 20.8 Å². The van der Waals surface area contributed by atoms with E-state index in [4.69, 9.17) is 9.84 Å². The second-order valence-electron chi connectivity index (χ2n) is 6.40. The molecule has 0 unspecified atom stereocenters. The molecular weight excluding hydrogens is 292 g/mol. The Bertz CT molecular complexity index is 443. The van der Waals surface area contributed by atoms with Gasteiger partial charge >= 0.3 is 12.1 Å². The average molecular weight is 316 g/mol. The maximum absolute atomic E-state index is 12.2. The fraction of sp³-hybridized carbons (Fsp3) is 0.786. The summed E-state index contributed by atoms with van der Waals surface area (Å²) in [4.78, 5) is 36.6. The molecule has 1 fully saturated rings. The second-order valence-corrected chi connectivity index (χ2v) is 6.40. The maximum atomic E-state index is 12.2. The van der Waals surface area contributed by atoms with Crippen molar-refractivity contribution in [2.45, 2.75) is 64.3 Å². The molecular formula is C14H24N2O6. The Balaban J connectivity index is 2.75. The minimum Gasteiger partial charge on any atom is -0.480 e. The number of carbonyl (C=O) groups is 3. The lowest BCUT2D eigenvalue weighted by molar-refractivity contribution is -0.145. The van der Waals surface area contributed by atoms with E-state index in [1.807, 2.05) is 0 Å². The van der Waals surface area contributed by atoms with Crippen molar-refractivity contribution in [1.29, 1.82) is 0 Å². The summed E-state index contributed by atoms with van der Waals surface area (Å²) >= 11 is 0. The predicted molar refractivity (Wildman–Crippen MR) is 77.2 cm³/mol. The number of rotatable bonds is 4. The van der Waals surface area contributed by atoms with Crippen LogP contribution < -0.4 is 5.32 Å². The normalized spacial score (nSPS) is 21.1. The highest BCUT2D eigenvalue weighted by molar-refractivity contribution is 5.89. The molecule has 1 rings (SSSR count). The van der Waals surface area contributed by atoms with Crippen molar-refractivity contribution < 1.29 is 29.3 Å². The van der Waals surface area contributed by atoms with E-state index in [9.17, 15) is 19.5 Å². The minimum atomic E-state index is -1.41. The predicted octanol–water partition coefficient (Wildman–Crippen LogP) is 0.336. The Labute approximate surface area is 129 Å². The number of aliphatic hydroxyl groups excluding tert-OH is 1. The quantitative estimate of drug-likeness (QED) is 0.688. The van der Waals surface area contributed by atoms with Crippen LogP contribution in [0.3, 0.4) is 0 Å². The van der Waals surface area contributed by atoms with Crippen LogP contribution in [0.4, 0.5) is 4.79 Å². The van der Waals surface area contributed by atoms with Crippen LogP contribution in [-0.4, -0.2) is 63.4 Å². The summed E-state index contributed by atoms with van der Waals surface area (Å²) in [6, 6.07) is -2.19. The zero-order chi connectivity index (χ0) is 17.1. The topological polar surface area (TPSA) is 116 Å².